The fourth-order valence-electron chi connectivity index (χ4n) is 3.13. The monoisotopic (exact) mass is 348 g/mol. The average molecular weight is 348 g/mol. The molecule has 2 heterocycles. The number of β-lactam (4-membered cyclic amide) rings is 1. The van der Waals surface area contributed by atoms with E-state index in [1.165, 1.54) is 7.11 Å². The molecule has 2 saturated heterocycles. The van der Waals surface area contributed by atoms with Gasteiger partial charge in [0.15, 0.2) is 5.92 Å². The molecule has 0 radical (unpaired) electrons. The highest BCUT2D eigenvalue weighted by atomic mass is 32.2. The first-order valence-corrected chi connectivity index (χ1v) is 8.63. The quantitative estimate of drug-likeness (QED) is 0.501. The molecule has 0 bridgehead atoms. The van der Waals surface area contributed by atoms with Gasteiger partial charge in [0.05, 0.1) is 7.11 Å². The van der Waals surface area contributed by atoms with E-state index in [0.717, 1.165) is 0 Å². The SMILES string of the molecule is COC(=O)C(C(=O)NC1C(=O)N2CC(C)(C)SC12)c1ccccc1. The third-order valence-electron chi connectivity index (χ3n) is 4.26. The van der Waals surface area contributed by atoms with Crippen LogP contribution in [0.2, 0.25) is 0 Å². The average Bonchev–Trinajstić information content (AvgIpc) is 2.86. The van der Waals surface area contributed by atoms with E-state index in [1.807, 2.05) is 0 Å². The Balaban J connectivity index is 1.75. The summed E-state index contributed by atoms with van der Waals surface area (Å²) in [7, 11) is 1.25. The van der Waals surface area contributed by atoms with Crippen molar-refractivity contribution in [3.63, 3.8) is 0 Å². The van der Waals surface area contributed by atoms with Crippen LogP contribution in [0.1, 0.15) is 25.3 Å². The second kappa shape index (κ2) is 6.12. The van der Waals surface area contributed by atoms with Crippen molar-refractivity contribution in [2.75, 3.05) is 13.7 Å². The smallest absolute Gasteiger partial charge is 0.322 e. The van der Waals surface area contributed by atoms with E-state index in [1.54, 1.807) is 47.0 Å². The topological polar surface area (TPSA) is 75.7 Å². The molecular formula is C17H20N2O4S. The van der Waals surface area contributed by atoms with Crippen molar-refractivity contribution in [2.45, 2.75) is 35.9 Å². The van der Waals surface area contributed by atoms with Gasteiger partial charge in [-0.25, -0.2) is 0 Å². The lowest BCUT2D eigenvalue weighted by Gasteiger charge is -2.42. The van der Waals surface area contributed by atoms with E-state index >= 15 is 0 Å². The van der Waals surface area contributed by atoms with Crippen LogP contribution in [0.5, 0.6) is 0 Å². The molecule has 2 amide bonds. The summed E-state index contributed by atoms with van der Waals surface area (Å²) >= 11 is 1.67. The van der Waals surface area contributed by atoms with E-state index in [9.17, 15) is 14.4 Å². The maximum atomic E-state index is 12.7. The number of benzene rings is 1. The molecule has 6 nitrogen and oxygen atoms in total. The van der Waals surface area contributed by atoms with Crippen molar-refractivity contribution >= 4 is 29.5 Å². The zero-order valence-electron chi connectivity index (χ0n) is 13.8. The number of ether oxygens (including phenoxy) is 1. The summed E-state index contributed by atoms with van der Waals surface area (Å²) in [6.07, 6.45) is 0. The fourth-order valence-corrected chi connectivity index (χ4v) is 4.62. The molecule has 3 atom stereocenters. The van der Waals surface area contributed by atoms with Gasteiger partial charge in [0.25, 0.3) is 0 Å². The molecule has 0 aromatic heterocycles. The zero-order valence-corrected chi connectivity index (χ0v) is 14.6. The van der Waals surface area contributed by atoms with Crippen LogP contribution < -0.4 is 5.32 Å². The maximum absolute atomic E-state index is 12.7. The molecule has 2 aliphatic heterocycles. The molecule has 3 rings (SSSR count). The number of esters is 1. The number of nitrogens with zero attached hydrogens (tertiary/aromatic N) is 1. The van der Waals surface area contributed by atoms with Crippen LogP contribution in [0.15, 0.2) is 30.3 Å². The molecule has 0 aliphatic carbocycles. The van der Waals surface area contributed by atoms with Gasteiger partial charge in [-0.1, -0.05) is 30.3 Å². The number of carbonyl (C=O) groups excluding carboxylic acids is 3. The van der Waals surface area contributed by atoms with Crippen molar-refractivity contribution in [3.05, 3.63) is 35.9 Å². The van der Waals surface area contributed by atoms with Crippen LogP contribution in [0.4, 0.5) is 0 Å². The van der Waals surface area contributed by atoms with Crippen LogP contribution in [0.3, 0.4) is 0 Å². The molecule has 7 heteroatoms. The van der Waals surface area contributed by atoms with Crippen LogP contribution in [-0.4, -0.2) is 52.5 Å². The van der Waals surface area contributed by atoms with E-state index in [2.05, 4.69) is 19.2 Å². The lowest BCUT2D eigenvalue weighted by atomic mass is 9.96. The van der Waals surface area contributed by atoms with Gasteiger partial charge in [-0.2, -0.15) is 0 Å². The van der Waals surface area contributed by atoms with Gasteiger partial charge in [-0.3, -0.25) is 14.4 Å². The number of fused-ring (bicyclic) bond motifs is 1. The van der Waals surface area contributed by atoms with Gasteiger partial charge in [-0.05, 0) is 19.4 Å². The van der Waals surface area contributed by atoms with Gasteiger partial charge >= 0.3 is 5.97 Å². The van der Waals surface area contributed by atoms with Crippen LogP contribution in [0.25, 0.3) is 0 Å². The minimum Gasteiger partial charge on any atom is -0.468 e. The highest BCUT2D eigenvalue weighted by molar-refractivity contribution is 8.01. The van der Waals surface area contributed by atoms with Crippen LogP contribution >= 0.6 is 11.8 Å². The molecule has 0 spiro atoms. The first kappa shape index (κ1) is 16.8. The van der Waals surface area contributed by atoms with Crippen molar-refractivity contribution < 1.29 is 19.1 Å². The second-order valence-electron chi connectivity index (χ2n) is 6.59. The van der Waals surface area contributed by atoms with Gasteiger partial charge in [-0.15, -0.1) is 11.8 Å². The number of carbonyl (C=O) groups is 3. The summed E-state index contributed by atoms with van der Waals surface area (Å²) in [4.78, 5) is 38.7. The first-order valence-electron chi connectivity index (χ1n) is 7.75. The molecule has 1 N–H and O–H groups in total. The molecule has 1 aromatic rings. The van der Waals surface area contributed by atoms with Gasteiger partial charge in [0, 0.05) is 11.3 Å². The third kappa shape index (κ3) is 2.88. The zero-order chi connectivity index (χ0) is 17.5. The highest BCUT2D eigenvalue weighted by Gasteiger charge is 2.56. The Morgan fingerprint density at radius 3 is 2.62 bits per heavy atom. The molecule has 128 valence electrons. The number of nitrogens with one attached hydrogen (secondary N) is 1. The fraction of sp³-hybridized carbons (Fsp3) is 0.471. The molecule has 2 fully saturated rings. The lowest BCUT2D eigenvalue weighted by Crippen LogP contribution is -2.67. The molecule has 24 heavy (non-hydrogen) atoms. The minimum atomic E-state index is -1.07. The normalized spacial score (nSPS) is 25.5. The Morgan fingerprint density at radius 1 is 1.33 bits per heavy atom. The van der Waals surface area contributed by atoms with Crippen LogP contribution in [0, 0.1) is 0 Å². The molecular weight excluding hydrogens is 328 g/mol. The number of rotatable bonds is 4. The molecule has 1 aromatic carbocycles. The summed E-state index contributed by atoms with van der Waals surface area (Å²) in [5.41, 5.74) is 0.546. The second-order valence-corrected chi connectivity index (χ2v) is 8.41. The van der Waals surface area contributed by atoms with Crippen molar-refractivity contribution in [1.82, 2.24) is 10.2 Å². The van der Waals surface area contributed by atoms with Gasteiger partial charge in [0.1, 0.15) is 11.4 Å². The Bertz CT molecular complexity index is 676. The van der Waals surface area contributed by atoms with Gasteiger partial charge < -0.3 is 15.0 Å². The highest BCUT2D eigenvalue weighted by Crippen LogP contribution is 2.46. The predicted molar refractivity (Wildman–Crippen MR) is 90.3 cm³/mol. The van der Waals surface area contributed by atoms with Crippen molar-refractivity contribution in [2.24, 2.45) is 0 Å². The number of amides is 2. The summed E-state index contributed by atoms with van der Waals surface area (Å²) in [5, 5.41) is 2.67. The Morgan fingerprint density at radius 2 is 2.00 bits per heavy atom. The number of hydrogen-bond acceptors (Lipinski definition) is 5. The minimum absolute atomic E-state index is 0.0268. The van der Waals surface area contributed by atoms with Crippen LogP contribution in [-0.2, 0) is 19.1 Å². The summed E-state index contributed by atoms with van der Waals surface area (Å²) in [5.74, 6) is -2.31. The van der Waals surface area contributed by atoms with Crippen molar-refractivity contribution in [3.8, 4) is 0 Å². The summed E-state index contributed by atoms with van der Waals surface area (Å²) < 4.78 is 4.74. The maximum Gasteiger partial charge on any atom is 0.322 e. The lowest BCUT2D eigenvalue weighted by molar-refractivity contribution is -0.151. The molecule has 2 aliphatic rings. The molecule has 0 saturated carbocycles. The predicted octanol–water partition coefficient (Wildman–Crippen LogP) is 1.12. The van der Waals surface area contributed by atoms with E-state index in [4.69, 9.17) is 4.74 Å². The first-order chi connectivity index (χ1) is 11.3. The largest absolute Gasteiger partial charge is 0.468 e. The van der Waals surface area contributed by atoms with E-state index < -0.39 is 23.8 Å². The molecule has 3 unspecified atom stereocenters. The Kier molecular flexibility index (Phi) is 4.29. The third-order valence-corrected chi connectivity index (χ3v) is 5.80. The number of thioether (sulfide) groups is 1. The van der Waals surface area contributed by atoms with Crippen molar-refractivity contribution in [1.29, 1.82) is 0 Å². The summed E-state index contributed by atoms with van der Waals surface area (Å²) in [6, 6.07) is 8.13. The Hall–Kier alpha value is -2.02. The summed E-state index contributed by atoms with van der Waals surface area (Å²) in [6.45, 7) is 4.82. The van der Waals surface area contributed by atoms with Gasteiger partial charge in [0.2, 0.25) is 11.8 Å². The number of hydrogen-bond donors (Lipinski definition) is 1. The standard InChI is InChI=1S/C17H20N2O4S/c1-17(2)9-19-14(21)12(15(19)24-17)18-13(20)11(16(22)23-3)10-7-5-4-6-8-10/h4-8,11-12,15H,9H2,1-3H3,(H,18,20). The number of methoxy groups -OCH3 is 1. The Labute approximate surface area is 144 Å². The van der Waals surface area contributed by atoms with E-state index in [0.29, 0.717) is 12.1 Å². The van der Waals surface area contributed by atoms with E-state index in [-0.39, 0.29) is 16.0 Å².